The second-order valence-electron chi connectivity index (χ2n) is 7.17. The minimum Gasteiger partial charge on any atom is -0.508 e. The topological polar surface area (TPSA) is 94.1 Å². The van der Waals surface area contributed by atoms with Crippen LogP contribution in [0, 0.1) is 5.92 Å². The fraction of sp³-hybridized carbons (Fsp3) is 0.364. The predicted molar refractivity (Wildman–Crippen MR) is 106 cm³/mol. The highest BCUT2D eigenvalue weighted by atomic mass is 16.5. The first-order valence-corrected chi connectivity index (χ1v) is 9.59. The molecule has 1 amide bonds. The molecule has 0 aromatic heterocycles. The van der Waals surface area contributed by atoms with E-state index in [0.29, 0.717) is 24.7 Å². The number of carbonyl (C=O) groups is 2. The van der Waals surface area contributed by atoms with Gasteiger partial charge in [-0.15, -0.1) is 0 Å². The van der Waals surface area contributed by atoms with E-state index >= 15 is 0 Å². The van der Waals surface area contributed by atoms with Crippen LogP contribution < -0.4 is 14.8 Å². The minimum atomic E-state index is -0.628. The molecule has 0 saturated carbocycles. The number of benzene rings is 2. The molecule has 1 atom stereocenters. The van der Waals surface area contributed by atoms with Gasteiger partial charge in [0.15, 0.2) is 18.1 Å². The number of hydrogen-bond acceptors (Lipinski definition) is 6. The van der Waals surface area contributed by atoms with Gasteiger partial charge in [0.2, 0.25) is 0 Å². The molecule has 0 aliphatic carbocycles. The Hall–Kier alpha value is -3.22. The summed E-state index contributed by atoms with van der Waals surface area (Å²) >= 11 is 0. The number of nitrogens with one attached hydrogen (secondary N) is 1. The van der Waals surface area contributed by atoms with Gasteiger partial charge in [-0.3, -0.25) is 4.79 Å². The molecule has 0 unspecified atom stereocenters. The summed E-state index contributed by atoms with van der Waals surface area (Å²) in [7, 11) is 0. The Kier molecular flexibility index (Phi) is 6.59. The Morgan fingerprint density at radius 1 is 1.07 bits per heavy atom. The third kappa shape index (κ3) is 5.40. The second kappa shape index (κ2) is 9.32. The monoisotopic (exact) mass is 399 g/mol. The van der Waals surface area contributed by atoms with Gasteiger partial charge >= 0.3 is 5.97 Å². The van der Waals surface area contributed by atoms with E-state index in [2.05, 4.69) is 5.32 Å². The van der Waals surface area contributed by atoms with E-state index < -0.39 is 18.5 Å². The molecule has 0 bridgehead atoms. The molecular weight excluding hydrogens is 374 g/mol. The quantitative estimate of drug-likeness (QED) is 0.725. The van der Waals surface area contributed by atoms with Crippen LogP contribution in [0.4, 0.5) is 0 Å². The average molecular weight is 399 g/mol. The van der Waals surface area contributed by atoms with Crippen molar-refractivity contribution < 1.29 is 28.9 Å². The number of esters is 1. The van der Waals surface area contributed by atoms with Crippen molar-refractivity contribution in [3.63, 3.8) is 0 Å². The van der Waals surface area contributed by atoms with Gasteiger partial charge in [0.25, 0.3) is 5.91 Å². The number of phenols is 1. The van der Waals surface area contributed by atoms with E-state index in [1.54, 1.807) is 0 Å². The fourth-order valence-corrected chi connectivity index (χ4v) is 3.04. The van der Waals surface area contributed by atoms with Gasteiger partial charge in [-0.05, 0) is 47.9 Å². The molecule has 1 heterocycles. The van der Waals surface area contributed by atoms with Crippen molar-refractivity contribution in [2.24, 2.45) is 5.92 Å². The van der Waals surface area contributed by atoms with Crippen LogP contribution >= 0.6 is 0 Å². The summed E-state index contributed by atoms with van der Waals surface area (Å²) in [6.07, 6.45) is 0.820. The van der Waals surface area contributed by atoms with Gasteiger partial charge in [0.1, 0.15) is 5.75 Å². The smallest absolute Gasteiger partial charge is 0.338 e. The summed E-state index contributed by atoms with van der Waals surface area (Å²) in [4.78, 5) is 24.4. The van der Waals surface area contributed by atoms with Gasteiger partial charge in [-0.1, -0.05) is 19.9 Å². The third-order valence-electron chi connectivity index (χ3n) is 4.55. The summed E-state index contributed by atoms with van der Waals surface area (Å²) < 4.78 is 16.5. The maximum absolute atomic E-state index is 12.4. The van der Waals surface area contributed by atoms with Gasteiger partial charge in [0, 0.05) is 6.42 Å². The molecule has 1 aliphatic heterocycles. The van der Waals surface area contributed by atoms with E-state index in [1.807, 2.05) is 32.0 Å². The Morgan fingerprint density at radius 3 is 2.45 bits per heavy atom. The maximum Gasteiger partial charge on any atom is 0.338 e. The number of ether oxygens (including phenoxy) is 3. The van der Waals surface area contributed by atoms with E-state index in [9.17, 15) is 14.7 Å². The zero-order valence-corrected chi connectivity index (χ0v) is 16.5. The lowest BCUT2D eigenvalue weighted by atomic mass is 9.95. The molecule has 2 aromatic carbocycles. The van der Waals surface area contributed by atoms with Crippen LogP contribution in [0.2, 0.25) is 0 Å². The number of amides is 1. The molecule has 0 fully saturated rings. The number of fused-ring (bicyclic) bond motifs is 1. The van der Waals surface area contributed by atoms with Crippen LogP contribution in [0.3, 0.4) is 0 Å². The molecule has 2 aromatic rings. The van der Waals surface area contributed by atoms with Crippen LogP contribution in [-0.4, -0.2) is 36.8 Å². The highest BCUT2D eigenvalue weighted by molar-refractivity contribution is 5.91. The molecule has 7 nitrogen and oxygen atoms in total. The molecule has 2 N–H and O–H groups in total. The zero-order chi connectivity index (χ0) is 20.8. The highest BCUT2D eigenvalue weighted by Crippen LogP contribution is 2.34. The number of phenolic OH excluding ortho intramolecular Hbond substituents is 1. The second-order valence-corrected chi connectivity index (χ2v) is 7.17. The van der Waals surface area contributed by atoms with E-state index in [0.717, 1.165) is 12.0 Å². The van der Waals surface area contributed by atoms with E-state index in [-0.39, 0.29) is 23.3 Å². The normalized spacial score (nSPS) is 14.0. The first-order valence-electron chi connectivity index (χ1n) is 9.59. The van der Waals surface area contributed by atoms with Crippen molar-refractivity contribution in [3.8, 4) is 17.2 Å². The van der Waals surface area contributed by atoms with Gasteiger partial charge in [-0.2, -0.15) is 0 Å². The summed E-state index contributed by atoms with van der Waals surface area (Å²) in [6.45, 7) is 4.80. The molecule has 1 aliphatic rings. The summed E-state index contributed by atoms with van der Waals surface area (Å²) in [5, 5.41) is 12.2. The van der Waals surface area contributed by atoms with Crippen molar-refractivity contribution in [1.29, 1.82) is 0 Å². The van der Waals surface area contributed by atoms with Crippen LogP contribution in [0.1, 0.15) is 42.2 Å². The van der Waals surface area contributed by atoms with Crippen molar-refractivity contribution in [2.45, 2.75) is 26.3 Å². The standard InChI is InChI=1S/C22H25NO6/c1-14(2)21(16-6-9-18-19(12-16)28-11-3-10-27-18)23-20(25)13-29-22(26)15-4-7-17(24)8-5-15/h4-9,12,14,21,24H,3,10-11,13H2,1-2H3,(H,23,25)/t21-/m1/s1. The summed E-state index contributed by atoms with van der Waals surface area (Å²) in [6, 6.07) is 11.0. The van der Waals surface area contributed by atoms with Crippen molar-refractivity contribution in [3.05, 3.63) is 53.6 Å². The summed E-state index contributed by atoms with van der Waals surface area (Å²) in [5.41, 5.74) is 1.15. The van der Waals surface area contributed by atoms with Crippen LogP contribution in [-0.2, 0) is 9.53 Å². The minimum absolute atomic E-state index is 0.0502. The highest BCUT2D eigenvalue weighted by Gasteiger charge is 2.22. The summed E-state index contributed by atoms with van der Waals surface area (Å²) in [5.74, 6) is 0.493. The number of hydrogen-bond donors (Lipinski definition) is 2. The number of aromatic hydroxyl groups is 1. The fourth-order valence-electron chi connectivity index (χ4n) is 3.04. The Balaban J connectivity index is 1.63. The molecule has 154 valence electrons. The SMILES string of the molecule is CC(C)[C@@H](NC(=O)COC(=O)c1ccc(O)cc1)c1ccc2c(c1)OCCCO2. The maximum atomic E-state index is 12.4. The lowest BCUT2D eigenvalue weighted by Gasteiger charge is -2.23. The third-order valence-corrected chi connectivity index (χ3v) is 4.55. The first-order chi connectivity index (χ1) is 13.9. The van der Waals surface area contributed by atoms with Crippen LogP contribution in [0.5, 0.6) is 17.2 Å². The van der Waals surface area contributed by atoms with Crippen LogP contribution in [0.15, 0.2) is 42.5 Å². The van der Waals surface area contributed by atoms with Gasteiger partial charge in [-0.25, -0.2) is 4.79 Å². The Bertz CT molecular complexity index is 862. The molecule has 0 radical (unpaired) electrons. The van der Waals surface area contributed by atoms with Crippen molar-refractivity contribution in [2.75, 3.05) is 19.8 Å². The number of carbonyl (C=O) groups excluding carboxylic acids is 2. The Morgan fingerprint density at radius 2 is 1.76 bits per heavy atom. The van der Waals surface area contributed by atoms with Crippen molar-refractivity contribution in [1.82, 2.24) is 5.32 Å². The molecule has 3 rings (SSSR count). The predicted octanol–water partition coefficient (Wildman–Crippen LogP) is 3.22. The van der Waals surface area contributed by atoms with E-state index in [1.165, 1.54) is 24.3 Å². The largest absolute Gasteiger partial charge is 0.508 e. The molecular formula is C22H25NO6. The molecule has 0 saturated heterocycles. The van der Waals surface area contributed by atoms with E-state index in [4.69, 9.17) is 14.2 Å². The van der Waals surface area contributed by atoms with Crippen LogP contribution in [0.25, 0.3) is 0 Å². The van der Waals surface area contributed by atoms with Crippen molar-refractivity contribution >= 4 is 11.9 Å². The average Bonchev–Trinajstić information content (AvgIpc) is 2.95. The molecule has 29 heavy (non-hydrogen) atoms. The zero-order valence-electron chi connectivity index (χ0n) is 16.5. The molecule has 0 spiro atoms. The lowest BCUT2D eigenvalue weighted by molar-refractivity contribution is -0.125. The molecule has 7 heteroatoms. The van der Waals surface area contributed by atoms with Gasteiger partial charge < -0.3 is 24.6 Å². The Labute approximate surface area is 169 Å². The first kappa shape index (κ1) is 20.5. The van der Waals surface area contributed by atoms with Gasteiger partial charge in [0.05, 0.1) is 24.8 Å². The number of rotatable bonds is 6. The lowest BCUT2D eigenvalue weighted by Crippen LogP contribution is -2.35.